The monoisotopic (exact) mass is 659 g/mol. The summed E-state index contributed by atoms with van der Waals surface area (Å²) in [6.07, 6.45) is 10.0. The molecule has 1 spiro atoms. The molecule has 3 fully saturated rings. The maximum absolute atomic E-state index is 13.3. The van der Waals surface area contributed by atoms with Gasteiger partial charge >= 0.3 is 0 Å². The first-order valence-corrected chi connectivity index (χ1v) is 16.6. The Morgan fingerprint density at radius 1 is 1.06 bits per heavy atom. The van der Waals surface area contributed by atoms with Gasteiger partial charge in [-0.2, -0.15) is 4.98 Å². The number of piperazine rings is 1. The Morgan fingerprint density at radius 2 is 1.81 bits per heavy atom. The lowest BCUT2D eigenvalue weighted by Gasteiger charge is -2.45. The molecule has 11 nitrogen and oxygen atoms in total. The van der Waals surface area contributed by atoms with Crippen molar-refractivity contribution in [2.24, 2.45) is 5.41 Å². The highest BCUT2D eigenvalue weighted by Gasteiger charge is 2.39. The number of pyridine rings is 1. The Morgan fingerprint density at radius 3 is 2.47 bits per heavy atom. The van der Waals surface area contributed by atoms with Crippen molar-refractivity contribution in [2.45, 2.75) is 64.1 Å². The van der Waals surface area contributed by atoms with E-state index in [2.05, 4.69) is 61.2 Å². The third-order valence-electron chi connectivity index (χ3n) is 10.2. The molecule has 5 heterocycles. The fourth-order valence-electron chi connectivity index (χ4n) is 7.52. The number of nitrogens with zero attached hydrogens (tertiary/aromatic N) is 7. The van der Waals surface area contributed by atoms with Gasteiger partial charge in [0, 0.05) is 56.3 Å². The topological polar surface area (TPSA) is 116 Å². The molecule has 0 unspecified atom stereocenters. The first kappa shape index (κ1) is 33.1. The highest BCUT2D eigenvalue weighted by Crippen LogP contribution is 2.42. The molecule has 2 saturated heterocycles. The lowest BCUT2D eigenvalue weighted by molar-refractivity contribution is 0.0738. The average molecular weight is 660 g/mol. The second kappa shape index (κ2) is 13.4. The summed E-state index contributed by atoms with van der Waals surface area (Å²) >= 11 is 0. The summed E-state index contributed by atoms with van der Waals surface area (Å²) in [5.41, 5.74) is 2.20. The van der Waals surface area contributed by atoms with Gasteiger partial charge in [-0.25, -0.2) is 19.3 Å². The zero-order valence-electron chi connectivity index (χ0n) is 27.4. The van der Waals surface area contributed by atoms with Crippen LogP contribution in [0.25, 0.3) is 16.9 Å². The van der Waals surface area contributed by atoms with Crippen molar-refractivity contribution in [1.82, 2.24) is 34.5 Å². The predicted molar refractivity (Wildman–Crippen MR) is 189 cm³/mol. The smallest absolute Gasteiger partial charge is 0.278 e. The van der Waals surface area contributed by atoms with Crippen molar-refractivity contribution in [3.8, 4) is 5.82 Å². The van der Waals surface area contributed by atoms with Crippen LogP contribution < -0.4 is 21.1 Å². The summed E-state index contributed by atoms with van der Waals surface area (Å²) in [4.78, 5) is 32.4. The fourth-order valence-corrected chi connectivity index (χ4v) is 7.52. The number of halogens is 1. The number of rotatable bonds is 8. The van der Waals surface area contributed by atoms with Crippen molar-refractivity contribution in [2.75, 3.05) is 49.5 Å². The minimum Gasteiger partial charge on any atom is -0.384 e. The molecule has 3 N–H and O–H groups in total. The molecule has 12 heteroatoms. The van der Waals surface area contributed by atoms with Gasteiger partial charge in [-0.1, -0.05) is 12.1 Å². The van der Waals surface area contributed by atoms with Crippen molar-refractivity contribution in [3.63, 3.8) is 0 Å². The van der Waals surface area contributed by atoms with Gasteiger partial charge in [-0.3, -0.25) is 9.69 Å². The third kappa shape index (κ3) is 6.67. The molecule has 250 valence electrons. The Hall–Kier alpha value is -3.77. The van der Waals surface area contributed by atoms with Crippen molar-refractivity contribution in [3.05, 3.63) is 77.4 Å². The van der Waals surface area contributed by atoms with Gasteiger partial charge in [0.25, 0.3) is 5.56 Å². The number of aliphatic hydroxyl groups is 1. The Kier molecular flexibility index (Phi) is 9.44. The molecular formula is C35H46ClN9O2. The molecule has 1 saturated carbocycles. The predicted octanol–water partition coefficient (Wildman–Crippen LogP) is 4.60. The first-order chi connectivity index (χ1) is 22.2. The molecular weight excluding hydrogens is 614 g/mol. The quantitative estimate of drug-likeness (QED) is 0.234. The minimum atomic E-state index is -1.14. The molecule has 2 aliphatic heterocycles. The Bertz CT molecular complexity index is 1750. The van der Waals surface area contributed by atoms with Crippen LogP contribution in [0.15, 0.2) is 66.1 Å². The van der Waals surface area contributed by atoms with E-state index in [9.17, 15) is 9.90 Å². The summed E-state index contributed by atoms with van der Waals surface area (Å²) in [7, 11) is 0. The Balaban J connectivity index is 0.00000386. The normalized spacial score (nSPS) is 22.0. The van der Waals surface area contributed by atoms with E-state index in [1.165, 1.54) is 55.6 Å². The molecule has 0 bridgehead atoms. The lowest BCUT2D eigenvalue weighted by Crippen LogP contribution is -2.52. The van der Waals surface area contributed by atoms with Gasteiger partial charge in [0.05, 0.1) is 12.2 Å². The average Bonchev–Trinajstić information content (AvgIpc) is 3.63. The maximum Gasteiger partial charge on any atom is 0.278 e. The van der Waals surface area contributed by atoms with E-state index in [1.54, 1.807) is 42.9 Å². The van der Waals surface area contributed by atoms with Crippen LogP contribution in [-0.2, 0) is 12.1 Å². The van der Waals surface area contributed by atoms with E-state index >= 15 is 0 Å². The SMILES string of the molecule is C=CCn1c(=O)c2cnc(Nc3ccc(N4CCN(C5CCC6(CCNC6)CC5)CC4)cc3)nc2n1-c1cccc(C(C)(C)O)n1.Cl. The van der Waals surface area contributed by atoms with E-state index in [0.29, 0.717) is 33.9 Å². The molecule has 1 aliphatic carbocycles. The molecule has 3 aliphatic rings. The fraction of sp³-hybridized carbons (Fsp3) is 0.486. The van der Waals surface area contributed by atoms with Gasteiger partial charge in [0.15, 0.2) is 11.5 Å². The van der Waals surface area contributed by atoms with Crippen LogP contribution in [0.2, 0.25) is 0 Å². The summed E-state index contributed by atoms with van der Waals surface area (Å²) in [5, 5.41) is 17.8. The van der Waals surface area contributed by atoms with E-state index in [-0.39, 0.29) is 24.5 Å². The summed E-state index contributed by atoms with van der Waals surface area (Å²) in [6, 6.07) is 14.5. The number of fused-ring (bicyclic) bond motifs is 1. The van der Waals surface area contributed by atoms with Crippen molar-refractivity contribution < 1.29 is 5.11 Å². The van der Waals surface area contributed by atoms with E-state index in [1.807, 2.05) is 6.07 Å². The standard InChI is InChI=1S/C35H45N9O2.ClH/c1-4-18-43-32(45)28-23-37-33(40-31(28)44(43)30-7-5-6-29(39-30)34(2,3)46)38-25-8-10-26(11-9-25)41-19-21-42(22-20-41)27-12-14-35(15-13-27)16-17-36-24-35;/h4-11,23,27,36,46H,1,12-22,24H2,2-3H3,(H,37,38,40);1H. The number of allylic oxidation sites excluding steroid dienone is 1. The second-order valence-electron chi connectivity index (χ2n) is 13.7. The molecule has 7 rings (SSSR count). The van der Waals surface area contributed by atoms with Gasteiger partial charge in [-0.05, 0) is 94.3 Å². The van der Waals surface area contributed by atoms with Crippen LogP contribution >= 0.6 is 12.4 Å². The second-order valence-corrected chi connectivity index (χ2v) is 13.7. The van der Waals surface area contributed by atoms with Crippen molar-refractivity contribution in [1.29, 1.82) is 0 Å². The maximum atomic E-state index is 13.3. The van der Waals surface area contributed by atoms with E-state index < -0.39 is 5.60 Å². The summed E-state index contributed by atoms with van der Waals surface area (Å²) < 4.78 is 3.19. The number of benzene rings is 1. The minimum absolute atomic E-state index is 0. The lowest BCUT2D eigenvalue weighted by atomic mass is 9.71. The van der Waals surface area contributed by atoms with Crippen LogP contribution in [0.4, 0.5) is 17.3 Å². The summed E-state index contributed by atoms with van der Waals surface area (Å²) in [6.45, 7) is 14.2. The molecule has 0 radical (unpaired) electrons. The van der Waals surface area contributed by atoms with Gasteiger partial charge < -0.3 is 20.6 Å². The molecule has 47 heavy (non-hydrogen) atoms. The van der Waals surface area contributed by atoms with Crippen molar-refractivity contribution >= 4 is 40.8 Å². The molecule has 0 amide bonds. The molecule has 3 aromatic heterocycles. The number of hydrogen-bond donors (Lipinski definition) is 3. The Labute approximate surface area is 282 Å². The first-order valence-electron chi connectivity index (χ1n) is 16.6. The van der Waals surface area contributed by atoms with Crippen LogP contribution in [-0.4, -0.2) is 79.6 Å². The number of anilines is 3. The molecule has 1 aromatic carbocycles. The van der Waals surface area contributed by atoms with Gasteiger partial charge in [0.1, 0.15) is 11.0 Å². The highest BCUT2D eigenvalue weighted by molar-refractivity contribution is 5.85. The third-order valence-corrected chi connectivity index (χ3v) is 10.2. The van der Waals surface area contributed by atoms with Crippen LogP contribution in [0.5, 0.6) is 0 Å². The van der Waals surface area contributed by atoms with E-state index in [4.69, 9.17) is 4.98 Å². The van der Waals surface area contributed by atoms with Gasteiger partial charge in [0.2, 0.25) is 5.95 Å². The van der Waals surface area contributed by atoms with Gasteiger partial charge in [-0.15, -0.1) is 19.0 Å². The highest BCUT2D eigenvalue weighted by atomic mass is 35.5. The molecule has 0 atom stereocenters. The van der Waals surface area contributed by atoms with E-state index in [0.717, 1.165) is 37.9 Å². The number of aromatic nitrogens is 5. The number of hydrogen-bond acceptors (Lipinski definition) is 9. The van der Waals surface area contributed by atoms with Crippen LogP contribution in [0, 0.1) is 5.41 Å². The molecule has 4 aromatic rings. The van der Waals surface area contributed by atoms with Crippen LogP contribution in [0.1, 0.15) is 51.6 Å². The largest absolute Gasteiger partial charge is 0.384 e. The summed E-state index contributed by atoms with van der Waals surface area (Å²) in [5.74, 6) is 0.848. The zero-order valence-corrected chi connectivity index (χ0v) is 28.2. The van der Waals surface area contributed by atoms with Crippen LogP contribution in [0.3, 0.4) is 0 Å². The number of nitrogens with one attached hydrogen (secondary N) is 2. The zero-order chi connectivity index (χ0) is 31.9.